The van der Waals surface area contributed by atoms with Crippen LogP contribution in [0.15, 0.2) is 0 Å². The first-order valence-corrected chi connectivity index (χ1v) is 0.289. The molecule has 0 amide bonds. The van der Waals surface area contributed by atoms with Crippen LogP contribution in [0, 0.1) is 0 Å². The van der Waals surface area contributed by atoms with Crippen LogP contribution in [0.1, 0.15) is 7.43 Å². The summed E-state index contributed by atoms with van der Waals surface area (Å²) in [4.78, 5) is 8.00. The highest BCUT2D eigenvalue weighted by atomic mass is 32.1. The predicted octanol–water partition coefficient (Wildman–Crippen LogP) is -0.761. The van der Waals surface area contributed by atoms with Crippen LogP contribution in [0.5, 0.6) is 0 Å². The molecule has 0 fully saturated rings. The van der Waals surface area contributed by atoms with Crippen molar-refractivity contribution in [2.24, 2.45) is 0 Å². The molecule has 0 rings (SSSR count). The molecule has 0 aliphatic carbocycles. The van der Waals surface area contributed by atoms with E-state index in [-0.39, 0.29) is 44.2 Å². The first-order chi connectivity index (χ1) is 1.00. The fourth-order valence-electron chi connectivity index (χ4n) is 0. The molecule has 0 aromatic heterocycles. The molecule has 0 bridgehead atoms. The highest BCUT2D eigenvalue weighted by Gasteiger charge is 0.636. The highest BCUT2D eigenvalue weighted by Crippen LogP contribution is 0.648. The molecule has 0 aliphatic rings. The lowest BCUT2D eigenvalue weighted by atomic mass is 11.9. The Morgan fingerprint density at radius 2 is 0.875 bits per heavy atom. The second-order valence-corrected chi connectivity index (χ2v) is 0. The van der Waals surface area contributed by atoms with Gasteiger partial charge in [-0.2, -0.15) is 13.5 Å². The summed E-state index contributed by atoms with van der Waals surface area (Å²) in [5.74, 6) is 0. The lowest BCUT2D eigenvalue weighted by Crippen LogP contribution is -0.925. The maximum absolute atomic E-state index is 8.00. The van der Waals surface area contributed by atoms with Gasteiger partial charge in [0.2, 0.25) is 0 Å². The normalized spacial score (nSPS) is 0.500. The van der Waals surface area contributed by atoms with Gasteiger partial charge in [0, 0.05) is 0 Å². The van der Waals surface area contributed by atoms with Gasteiger partial charge in [0.1, 0.15) is 6.79 Å². The molecule has 0 radical (unpaired) electrons. The van der Waals surface area contributed by atoms with Gasteiger partial charge in [-0.25, -0.2) is 0 Å². The summed E-state index contributed by atoms with van der Waals surface area (Å²) >= 11 is 0. The molecule has 0 unspecified atom stereocenters. The van der Waals surface area contributed by atoms with Crippen LogP contribution in [-0.2, 0) is 4.79 Å². The van der Waals surface area contributed by atoms with Crippen LogP contribution in [0.4, 0.5) is 0 Å². The Morgan fingerprint density at radius 3 is 0.875 bits per heavy atom. The zero-order valence-corrected chi connectivity index (χ0v) is 5.03. The van der Waals surface area contributed by atoms with E-state index in [9.17, 15) is 0 Å². The lowest BCUT2D eigenvalue weighted by molar-refractivity contribution is -0.0979. The highest BCUT2D eigenvalue weighted by molar-refractivity contribution is 7.59. The average Bonchev–Trinajstić information content (AvgIpc) is 1.00. The number of hydrogen-bond donors (Lipinski definition) is 2. The predicted molar refractivity (Wildman–Crippen MR) is 41.5 cm³/mol. The van der Waals surface area contributed by atoms with Crippen LogP contribution < -0.4 is 12.3 Å². The SMILES string of the molecule is C.C=O.N.N.O.O.S. The second kappa shape index (κ2) is 12000. The molecule has 0 atom stereocenters. The zero-order valence-electron chi connectivity index (χ0n) is 4.03. The Kier molecular flexibility index (Phi) is 751000. The summed E-state index contributed by atoms with van der Waals surface area (Å²) in [5.41, 5.74) is 0. The van der Waals surface area contributed by atoms with Crippen molar-refractivity contribution in [1.29, 1.82) is 0 Å². The van der Waals surface area contributed by atoms with Gasteiger partial charge in [0.25, 0.3) is 0 Å². The summed E-state index contributed by atoms with van der Waals surface area (Å²) < 4.78 is 0. The van der Waals surface area contributed by atoms with Crippen molar-refractivity contribution in [3.63, 3.8) is 0 Å². The number of hydrogen-bond acceptors (Lipinski definition) is 3. The van der Waals surface area contributed by atoms with E-state index in [1.54, 1.807) is 0 Å². The maximum atomic E-state index is 8.00. The van der Waals surface area contributed by atoms with Crippen LogP contribution in [0.2, 0.25) is 0 Å². The Labute approximate surface area is 56.7 Å². The number of rotatable bonds is 0. The Bertz CT molecular complexity index is 15.2. The Morgan fingerprint density at radius 1 is 0.875 bits per heavy atom. The number of carbonyl (C=O) groups is 1. The van der Waals surface area contributed by atoms with Gasteiger partial charge in [-0.05, 0) is 0 Å². The van der Waals surface area contributed by atoms with Crippen LogP contribution in [-0.4, -0.2) is 17.7 Å². The molecule has 60 valence electrons. The molecule has 5 nitrogen and oxygen atoms in total. The van der Waals surface area contributed by atoms with Crippen molar-refractivity contribution < 1.29 is 15.7 Å². The largest absolute Gasteiger partial charge is 0.412 e. The van der Waals surface area contributed by atoms with Gasteiger partial charge in [0.15, 0.2) is 0 Å². The summed E-state index contributed by atoms with van der Waals surface area (Å²) in [6.45, 7) is 2.00. The van der Waals surface area contributed by atoms with Crippen molar-refractivity contribution in [3.8, 4) is 0 Å². The third-order valence-corrected chi connectivity index (χ3v) is 0. The minimum Gasteiger partial charge on any atom is -0.412 e. The van der Waals surface area contributed by atoms with Gasteiger partial charge < -0.3 is 28.0 Å². The molecule has 10 N–H and O–H groups in total. The Balaban J connectivity index is -0.000000000333. The van der Waals surface area contributed by atoms with Crippen LogP contribution >= 0.6 is 13.5 Å². The minimum absolute atomic E-state index is 0. The molecule has 0 aromatic carbocycles. The monoisotopic (exact) mass is 150 g/mol. The first-order valence-electron chi connectivity index (χ1n) is 0.289. The molecule has 6 heteroatoms. The minimum atomic E-state index is 0. The Hall–Kier alpha value is -0.140. The van der Waals surface area contributed by atoms with Gasteiger partial charge in [-0.3, -0.25) is 0 Å². The summed E-state index contributed by atoms with van der Waals surface area (Å²) in [6.07, 6.45) is 0. The fourth-order valence-corrected chi connectivity index (χ4v) is 0. The molecule has 0 saturated heterocycles. The molecular formula is C2H18N2O3S. The molecular weight excluding hydrogens is 132 g/mol. The van der Waals surface area contributed by atoms with Crippen molar-refractivity contribution in [3.05, 3.63) is 0 Å². The second-order valence-electron chi connectivity index (χ2n) is 0. The van der Waals surface area contributed by atoms with E-state index >= 15 is 0 Å². The molecule has 0 heterocycles. The van der Waals surface area contributed by atoms with E-state index in [4.69, 9.17) is 4.79 Å². The van der Waals surface area contributed by atoms with Crippen molar-refractivity contribution in [2.75, 3.05) is 0 Å². The average molecular weight is 150 g/mol. The molecule has 0 saturated carbocycles. The van der Waals surface area contributed by atoms with E-state index in [2.05, 4.69) is 0 Å². The maximum Gasteiger partial charge on any atom is 0.106 e. The third kappa shape index (κ3) is 7060. The molecule has 0 aromatic rings. The van der Waals surface area contributed by atoms with Crippen molar-refractivity contribution >= 4 is 20.3 Å². The quantitative estimate of drug-likeness (QED) is 0.467. The van der Waals surface area contributed by atoms with E-state index in [1.807, 2.05) is 6.79 Å². The topological polar surface area (TPSA) is 150 Å². The third-order valence-electron chi connectivity index (χ3n) is 0. The van der Waals surface area contributed by atoms with E-state index in [1.165, 1.54) is 0 Å². The van der Waals surface area contributed by atoms with Crippen LogP contribution in [0.3, 0.4) is 0 Å². The van der Waals surface area contributed by atoms with Crippen molar-refractivity contribution in [1.82, 2.24) is 12.3 Å². The van der Waals surface area contributed by atoms with Crippen molar-refractivity contribution in [2.45, 2.75) is 7.43 Å². The zero-order chi connectivity index (χ0) is 2.00. The molecule has 0 spiro atoms. The van der Waals surface area contributed by atoms with Gasteiger partial charge >= 0.3 is 0 Å². The van der Waals surface area contributed by atoms with E-state index in [0.29, 0.717) is 0 Å². The summed E-state index contributed by atoms with van der Waals surface area (Å²) in [7, 11) is 0. The van der Waals surface area contributed by atoms with E-state index in [0.717, 1.165) is 0 Å². The van der Waals surface area contributed by atoms with Gasteiger partial charge in [-0.15, -0.1) is 0 Å². The standard InChI is InChI=1S/CH2O.CH4.2H3N.2H2O.H2S/c1-2;;;;;;/h1H2;1H4;2*1H3;3*1H2. The first kappa shape index (κ1) is 500. The lowest BCUT2D eigenvalue weighted by Gasteiger charge is -0.837. The van der Waals surface area contributed by atoms with E-state index < -0.39 is 0 Å². The molecule has 8 heavy (non-hydrogen) atoms. The molecule has 0 aliphatic heterocycles. The smallest absolute Gasteiger partial charge is 0.106 e. The van der Waals surface area contributed by atoms with Gasteiger partial charge in [-0.1, -0.05) is 7.43 Å². The summed E-state index contributed by atoms with van der Waals surface area (Å²) in [6, 6.07) is 0. The van der Waals surface area contributed by atoms with Gasteiger partial charge in [0.05, 0.1) is 0 Å². The van der Waals surface area contributed by atoms with Crippen LogP contribution in [0.25, 0.3) is 0 Å². The number of carbonyl (C=O) groups excluding carboxylic acids is 1. The summed E-state index contributed by atoms with van der Waals surface area (Å²) in [5, 5.41) is 0. The fraction of sp³-hybridized carbons (Fsp3) is 0.500.